The van der Waals surface area contributed by atoms with E-state index in [0.29, 0.717) is 18.9 Å². The molecule has 4 heteroatoms. The molecule has 0 spiro atoms. The van der Waals surface area contributed by atoms with Crippen LogP contribution in [0.5, 0.6) is 0 Å². The first-order valence-electron chi connectivity index (χ1n) is 8.65. The van der Waals surface area contributed by atoms with Crippen LogP contribution in [0.1, 0.15) is 71.1 Å². The molecule has 2 fully saturated rings. The molecule has 0 aromatic carbocycles. The Morgan fingerprint density at radius 1 is 1.24 bits per heavy atom. The quantitative estimate of drug-likeness (QED) is 0.729. The molecule has 2 aliphatic rings. The molecule has 0 aliphatic heterocycles. The van der Waals surface area contributed by atoms with Crippen LogP contribution >= 0.6 is 0 Å². The van der Waals surface area contributed by atoms with Crippen molar-refractivity contribution in [3.05, 3.63) is 0 Å². The van der Waals surface area contributed by atoms with Gasteiger partial charge in [-0.05, 0) is 43.6 Å². The molecule has 122 valence electrons. The van der Waals surface area contributed by atoms with Gasteiger partial charge in [0.05, 0.1) is 12.1 Å². The summed E-state index contributed by atoms with van der Waals surface area (Å²) in [5.41, 5.74) is 5.59. The van der Waals surface area contributed by atoms with E-state index >= 15 is 0 Å². The van der Waals surface area contributed by atoms with Crippen molar-refractivity contribution in [1.29, 1.82) is 0 Å². The molecule has 2 aliphatic carbocycles. The number of rotatable bonds is 5. The average molecular weight is 296 g/mol. The summed E-state index contributed by atoms with van der Waals surface area (Å²) in [6.45, 7) is 2.86. The minimum Gasteiger partial charge on any atom is -0.394 e. The number of nitrogens with one attached hydrogen (secondary N) is 1. The van der Waals surface area contributed by atoms with Crippen molar-refractivity contribution in [1.82, 2.24) is 5.32 Å². The van der Waals surface area contributed by atoms with E-state index in [1.54, 1.807) is 0 Å². The fourth-order valence-corrected chi connectivity index (χ4v) is 4.39. The van der Waals surface area contributed by atoms with Crippen LogP contribution in [0.2, 0.25) is 0 Å². The van der Waals surface area contributed by atoms with Crippen LogP contribution in [0.25, 0.3) is 0 Å². The first-order chi connectivity index (χ1) is 10.0. The van der Waals surface area contributed by atoms with Gasteiger partial charge in [0.2, 0.25) is 5.91 Å². The van der Waals surface area contributed by atoms with Gasteiger partial charge in [0.25, 0.3) is 0 Å². The molecule has 0 radical (unpaired) electrons. The van der Waals surface area contributed by atoms with Gasteiger partial charge in [-0.25, -0.2) is 0 Å². The zero-order valence-corrected chi connectivity index (χ0v) is 13.5. The molecule has 0 aromatic heterocycles. The molecule has 4 nitrogen and oxygen atoms in total. The van der Waals surface area contributed by atoms with Crippen molar-refractivity contribution in [2.45, 2.75) is 76.7 Å². The van der Waals surface area contributed by atoms with Gasteiger partial charge in [0, 0.05) is 6.42 Å². The summed E-state index contributed by atoms with van der Waals surface area (Å²) in [7, 11) is 0. The summed E-state index contributed by atoms with van der Waals surface area (Å²) in [4.78, 5) is 12.5. The highest BCUT2D eigenvalue weighted by atomic mass is 16.3. The lowest BCUT2D eigenvalue weighted by molar-refractivity contribution is -0.127. The van der Waals surface area contributed by atoms with Crippen molar-refractivity contribution < 1.29 is 9.90 Å². The fraction of sp³-hybridized carbons (Fsp3) is 0.941. The fourth-order valence-electron chi connectivity index (χ4n) is 4.39. The Hall–Kier alpha value is -0.610. The monoisotopic (exact) mass is 296 g/mol. The van der Waals surface area contributed by atoms with Crippen LogP contribution < -0.4 is 11.1 Å². The molecule has 0 bridgehead atoms. The number of aliphatic hydroxyl groups excluding tert-OH is 1. The summed E-state index contributed by atoms with van der Waals surface area (Å²) in [5, 5.41) is 13.0. The molecule has 21 heavy (non-hydrogen) atoms. The van der Waals surface area contributed by atoms with E-state index in [1.807, 2.05) is 0 Å². The van der Waals surface area contributed by atoms with Crippen molar-refractivity contribution in [2.75, 3.05) is 13.2 Å². The van der Waals surface area contributed by atoms with Gasteiger partial charge in [-0.2, -0.15) is 0 Å². The average Bonchev–Trinajstić information content (AvgIpc) is 2.48. The first kappa shape index (κ1) is 16.8. The number of nitrogens with two attached hydrogens (primary N) is 1. The maximum absolute atomic E-state index is 12.5. The van der Waals surface area contributed by atoms with E-state index in [9.17, 15) is 9.90 Å². The lowest BCUT2D eigenvalue weighted by Gasteiger charge is -2.41. The molecular weight excluding hydrogens is 264 g/mol. The van der Waals surface area contributed by atoms with Gasteiger partial charge < -0.3 is 16.2 Å². The largest absolute Gasteiger partial charge is 0.394 e. The Kier molecular flexibility index (Phi) is 5.67. The Labute approximate surface area is 128 Å². The minimum absolute atomic E-state index is 0.000732. The van der Waals surface area contributed by atoms with Gasteiger partial charge in [-0.3, -0.25) is 4.79 Å². The highest BCUT2D eigenvalue weighted by Crippen LogP contribution is 2.39. The minimum atomic E-state index is -0.390. The van der Waals surface area contributed by atoms with E-state index in [2.05, 4.69) is 12.2 Å². The van der Waals surface area contributed by atoms with E-state index < -0.39 is 0 Å². The molecule has 2 rings (SSSR count). The highest BCUT2D eigenvalue weighted by molar-refractivity contribution is 5.77. The number of hydrogen-bond acceptors (Lipinski definition) is 3. The van der Waals surface area contributed by atoms with Crippen LogP contribution in [0, 0.1) is 11.3 Å². The van der Waals surface area contributed by atoms with E-state index in [1.165, 1.54) is 25.7 Å². The summed E-state index contributed by atoms with van der Waals surface area (Å²) in [6.07, 6.45) is 10.4. The van der Waals surface area contributed by atoms with Crippen molar-refractivity contribution in [2.24, 2.45) is 17.1 Å². The molecule has 2 unspecified atom stereocenters. The number of aliphatic hydroxyl groups is 1. The molecule has 2 saturated carbocycles. The Morgan fingerprint density at radius 2 is 1.95 bits per heavy atom. The van der Waals surface area contributed by atoms with Crippen LogP contribution in [0.3, 0.4) is 0 Å². The summed E-state index contributed by atoms with van der Waals surface area (Å²) in [6, 6.07) is 0. The zero-order valence-electron chi connectivity index (χ0n) is 13.5. The van der Waals surface area contributed by atoms with Crippen LogP contribution in [-0.2, 0) is 4.79 Å². The van der Waals surface area contributed by atoms with Crippen LogP contribution in [-0.4, -0.2) is 29.7 Å². The van der Waals surface area contributed by atoms with E-state index in [0.717, 1.165) is 32.1 Å². The maximum atomic E-state index is 12.5. The molecule has 2 atom stereocenters. The normalized spacial score (nSPS) is 32.6. The lowest BCUT2D eigenvalue weighted by Crippen LogP contribution is -2.55. The Balaban J connectivity index is 1.95. The SMILES string of the molecule is CC1CCCC(CO)(NC(=O)CC2(CN)CCCCC2)C1. The highest BCUT2D eigenvalue weighted by Gasteiger charge is 2.38. The predicted octanol–water partition coefficient (Wildman–Crippen LogP) is 2.34. The summed E-state index contributed by atoms with van der Waals surface area (Å²) >= 11 is 0. The number of carbonyl (C=O) groups is 1. The van der Waals surface area contributed by atoms with Gasteiger partial charge in [0.15, 0.2) is 0 Å². The summed E-state index contributed by atoms with van der Waals surface area (Å²) < 4.78 is 0. The van der Waals surface area contributed by atoms with E-state index in [4.69, 9.17) is 5.73 Å². The second-order valence-corrected chi connectivity index (χ2v) is 7.63. The van der Waals surface area contributed by atoms with Gasteiger partial charge in [-0.1, -0.05) is 39.0 Å². The number of hydrogen-bond donors (Lipinski definition) is 3. The third-order valence-corrected chi connectivity index (χ3v) is 5.68. The summed E-state index contributed by atoms with van der Waals surface area (Å²) in [5.74, 6) is 0.662. The van der Waals surface area contributed by atoms with Gasteiger partial charge in [0.1, 0.15) is 0 Å². The van der Waals surface area contributed by atoms with Crippen LogP contribution in [0.4, 0.5) is 0 Å². The molecule has 0 saturated heterocycles. The van der Waals surface area contributed by atoms with Crippen molar-refractivity contribution >= 4 is 5.91 Å². The number of amides is 1. The van der Waals surface area contributed by atoms with Crippen molar-refractivity contribution in [3.8, 4) is 0 Å². The molecule has 0 aromatic rings. The second kappa shape index (κ2) is 7.10. The smallest absolute Gasteiger partial charge is 0.221 e. The van der Waals surface area contributed by atoms with Gasteiger partial charge >= 0.3 is 0 Å². The topological polar surface area (TPSA) is 75.3 Å². The number of carbonyl (C=O) groups excluding carboxylic acids is 1. The second-order valence-electron chi connectivity index (χ2n) is 7.63. The first-order valence-corrected chi connectivity index (χ1v) is 8.65. The molecular formula is C17H32N2O2. The maximum Gasteiger partial charge on any atom is 0.221 e. The van der Waals surface area contributed by atoms with Crippen LogP contribution in [0.15, 0.2) is 0 Å². The molecule has 4 N–H and O–H groups in total. The molecule has 0 heterocycles. The Morgan fingerprint density at radius 3 is 2.52 bits per heavy atom. The lowest BCUT2D eigenvalue weighted by atomic mass is 9.71. The molecule has 1 amide bonds. The standard InChI is InChI=1S/C17H32N2O2/c1-14-6-5-9-17(10-14,13-20)19-15(21)11-16(12-18)7-3-2-4-8-16/h14,20H,2-13,18H2,1H3,(H,19,21). The third kappa shape index (κ3) is 4.19. The van der Waals surface area contributed by atoms with Crippen molar-refractivity contribution in [3.63, 3.8) is 0 Å². The van der Waals surface area contributed by atoms with Gasteiger partial charge in [-0.15, -0.1) is 0 Å². The van der Waals surface area contributed by atoms with E-state index in [-0.39, 0.29) is 23.5 Å². The Bertz CT molecular complexity index is 353. The third-order valence-electron chi connectivity index (χ3n) is 5.68. The predicted molar refractivity (Wildman–Crippen MR) is 84.8 cm³/mol. The zero-order chi connectivity index (χ0) is 15.3.